The Morgan fingerprint density at radius 3 is 2.25 bits per heavy atom. The smallest absolute Gasteiger partial charge is 0.243 e. The van der Waals surface area contributed by atoms with Crippen molar-refractivity contribution in [1.29, 1.82) is 0 Å². The van der Waals surface area contributed by atoms with Crippen molar-refractivity contribution in [2.45, 2.75) is 38.0 Å². The zero-order chi connectivity index (χ0) is 21.1. The van der Waals surface area contributed by atoms with Gasteiger partial charge in [-0.2, -0.15) is 4.31 Å². The molecule has 2 aromatic rings. The van der Waals surface area contributed by atoms with E-state index in [4.69, 9.17) is 4.74 Å². The third-order valence-corrected chi connectivity index (χ3v) is 6.25. The lowest BCUT2D eigenvalue weighted by atomic mass is 9.87. The van der Waals surface area contributed by atoms with Gasteiger partial charge in [-0.15, -0.1) is 0 Å². The van der Waals surface area contributed by atoms with Crippen LogP contribution in [0.4, 0.5) is 5.69 Å². The fourth-order valence-electron chi connectivity index (χ4n) is 2.64. The van der Waals surface area contributed by atoms with Crippen LogP contribution in [0.15, 0.2) is 47.4 Å². The van der Waals surface area contributed by atoms with Crippen LogP contribution in [0.25, 0.3) is 0 Å². The maximum absolute atomic E-state index is 12.7. The minimum Gasteiger partial charge on any atom is -0.495 e. The van der Waals surface area contributed by atoms with Gasteiger partial charge in [0.25, 0.3) is 0 Å². The van der Waals surface area contributed by atoms with Gasteiger partial charge < -0.3 is 10.1 Å². The molecule has 2 rings (SSSR count). The van der Waals surface area contributed by atoms with Crippen LogP contribution in [0.3, 0.4) is 0 Å². The number of sulfonamides is 1. The Bertz CT molecular complexity index is 945. The van der Waals surface area contributed by atoms with Crippen LogP contribution in [0.1, 0.15) is 31.9 Å². The highest BCUT2D eigenvalue weighted by atomic mass is 32.2. The van der Waals surface area contributed by atoms with Crippen LogP contribution >= 0.6 is 0 Å². The van der Waals surface area contributed by atoms with E-state index >= 15 is 0 Å². The number of hydrogen-bond acceptors (Lipinski definition) is 4. The van der Waals surface area contributed by atoms with E-state index in [9.17, 15) is 13.2 Å². The lowest BCUT2D eigenvalue weighted by molar-refractivity contribution is -0.116. The molecule has 0 radical (unpaired) electrons. The van der Waals surface area contributed by atoms with Gasteiger partial charge in [-0.3, -0.25) is 4.79 Å². The Morgan fingerprint density at radius 1 is 1.11 bits per heavy atom. The van der Waals surface area contributed by atoms with Gasteiger partial charge in [0.1, 0.15) is 5.75 Å². The third-order valence-electron chi connectivity index (χ3n) is 4.44. The number of ether oxygens (including phenoxy) is 1. The monoisotopic (exact) mass is 404 g/mol. The van der Waals surface area contributed by atoms with E-state index in [2.05, 4.69) is 26.1 Å². The molecule has 1 amide bonds. The van der Waals surface area contributed by atoms with E-state index < -0.39 is 15.9 Å². The molecule has 0 aliphatic heterocycles. The van der Waals surface area contributed by atoms with Crippen LogP contribution < -0.4 is 10.1 Å². The number of rotatable bonds is 6. The van der Waals surface area contributed by atoms with E-state index in [1.165, 1.54) is 26.3 Å². The maximum atomic E-state index is 12.7. The standard InChI is InChI=1S/C21H28N2O4S/c1-15-7-10-17(11-8-15)28(25,26)23(5)14-20(24)22-18-13-16(21(2,3)4)9-12-19(18)27-6/h7-13H,14H2,1-6H3,(H,22,24). The Kier molecular flexibility index (Phi) is 6.52. The molecule has 0 saturated heterocycles. The molecule has 0 unspecified atom stereocenters. The number of likely N-dealkylation sites (N-methyl/N-ethyl adjacent to an activating group) is 1. The Morgan fingerprint density at radius 2 is 1.71 bits per heavy atom. The summed E-state index contributed by atoms with van der Waals surface area (Å²) >= 11 is 0. The van der Waals surface area contributed by atoms with Gasteiger partial charge in [0.15, 0.2) is 0 Å². The van der Waals surface area contributed by atoms with Crippen LogP contribution in [-0.2, 0) is 20.2 Å². The molecular formula is C21H28N2O4S. The number of nitrogens with zero attached hydrogens (tertiary/aromatic N) is 1. The summed E-state index contributed by atoms with van der Waals surface area (Å²) < 4.78 is 31.7. The molecule has 0 aromatic heterocycles. The average molecular weight is 405 g/mol. The summed E-state index contributed by atoms with van der Waals surface area (Å²) in [4.78, 5) is 12.7. The summed E-state index contributed by atoms with van der Waals surface area (Å²) in [5, 5.41) is 2.77. The second kappa shape index (κ2) is 8.32. The number of anilines is 1. The van der Waals surface area contributed by atoms with Crippen LogP contribution in [0.2, 0.25) is 0 Å². The first-order valence-corrected chi connectivity index (χ1v) is 10.4. The Balaban J connectivity index is 2.18. The normalized spacial score (nSPS) is 12.1. The first-order valence-electron chi connectivity index (χ1n) is 8.96. The van der Waals surface area contributed by atoms with Crippen LogP contribution in [0, 0.1) is 6.92 Å². The molecule has 6 nitrogen and oxygen atoms in total. The molecule has 152 valence electrons. The first-order chi connectivity index (χ1) is 12.9. The molecule has 1 N–H and O–H groups in total. The molecule has 0 spiro atoms. The highest BCUT2D eigenvalue weighted by Gasteiger charge is 2.24. The quantitative estimate of drug-likeness (QED) is 0.799. The van der Waals surface area contributed by atoms with E-state index in [1.807, 2.05) is 19.1 Å². The van der Waals surface area contributed by atoms with E-state index in [-0.39, 0.29) is 16.9 Å². The molecular weight excluding hydrogens is 376 g/mol. The molecule has 2 aromatic carbocycles. The van der Waals surface area contributed by atoms with Gasteiger partial charge in [0.2, 0.25) is 15.9 Å². The first kappa shape index (κ1) is 21.9. The lowest BCUT2D eigenvalue weighted by Gasteiger charge is -2.22. The number of methoxy groups -OCH3 is 1. The summed E-state index contributed by atoms with van der Waals surface area (Å²) in [5.41, 5.74) is 2.41. The van der Waals surface area contributed by atoms with Crippen molar-refractivity contribution in [1.82, 2.24) is 4.31 Å². The molecule has 0 aliphatic rings. The SMILES string of the molecule is COc1ccc(C(C)(C)C)cc1NC(=O)CN(C)S(=O)(=O)c1ccc(C)cc1. The van der Waals surface area contributed by atoms with E-state index in [0.29, 0.717) is 11.4 Å². The molecule has 0 atom stereocenters. The van der Waals surface area contributed by atoms with Crippen molar-refractivity contribution in [2.24, 2.45) is 0 Å². The number of amides is 1. The van der Waals surface area contributed by atoms with Gasteiger partial charge in [-0.05, 0) is 42.2 Å². The Hall–Kier alpha value is -2.38. The molecule has 0 fully saturated rings. The number of nitrogens with one attached hydrogen (secondary N) is 1. The molecule has 28 heavy (non-hydrogen) atoms. The van der Waals surface area contributed by atoms with Crippen LogP contribution in [0.5, 0.6) is 5.75 Å². The fourth-order valence-corrected chi connectivity index (χ4v) is 3.77. The summed E-state index contributed by atoms with van der Waals surface area (Å²) in [7, 11) is -0.839. The molecule has 7 heteroatoms. The van der Waals surface area contributed by atoms with Crippen molar-refractivity contribution >= 4 is 21.6 Å². The van der Waals surface area contributed by atoms with E-state index in [0.717, 1.165) is 15.4 Å². The van der Waals surface area contributed by atoms with Gasteiger partial charge in [0, 0.05) is 7.05 Å². The number of carbonyl (C=O) groups excluding carboxylic acids is 1. The Labute approximate surface area is 167 Å². The average Bonchev–Trinajstić information content (AvgIpc) is 2.61. The summed E-state index contributed by atoms with van der Waals surface area (Å²) in [6, 6.07) is 12.1. The molecule has 0 bridgehead atoms. The zero-order valence-electron chi connectivity index (χ0n) is 17.2. The van der Waals surface area contributed by atoms with Gasteiger partial charge >= 0.3 is 0 Å². The van der Waals surface area contributed by atoms with Gasteiger partial charge in [0.05, 0.1) is 24.2 Å². The summed E-state index contributed by atoms with van der Waals surface area (Å²) in [5.74, 6) is 0.0768. The number of carbonyl (C=O) groups is 1. The second-order valence-electron chi connectivity index (χ2n) is 7.79. The summed E-state index contributed by atoms with van der Waals surface area (Å²) in [6.45, 7) is 7.79. The van der Waals surface area contributed by atoms with Crippen molar-refractivity contribution in [2.75, 3.05) is 26.0 Å². The highest BCUT2D eigenvalue weighted by molar-refractivity contribution is 7.89. The van der Waals surface area contributed by atoms with Crippen molar-refractivity contribution in [3.05, 3.63) is 53.6 Å². The molecule has 0 heterocycles. The predicted octanol–water partition coefficient (Wildman–Crippen LogP) is 3.56. The van der Waals surface area contributed by atoms with Crippen molar-refractivity contribution in [3.63, 3.8) is 0 Å². The maximum Gasteiger partial charge on any atom is 0.243 e. The van der Waals surface area contributed by atoms with Crippen LogP contribution in [-0.4, -0.2) is 39.3 Å². The van der Waals surface area contributed by atoms with Crippen molar-refractivity contribution in [3.8, 4) is 5.75 Å². The molecule has 0 saturated carbocycles. The highest BCUT2D eigenvalue weighted by Crippen LogP contribution is 2.31. The zero-order valence-corrected chi connectivity index (χ0v) is 18.1. The minimum atomic E-state index is -3.75. The number of hydrogen-bond donors (Lipinski definition) is 1. The molecule has 0 aliphatic carbocycles. The topological polar surface area (TPSA) is 75.7 Å². The van der Waals surface area contributed by atoms with Gasteiger partial charge in [-0.25, -0.2) is 8.42 Å². The number of benzene rings is 2. The fraction of sp³-hybridized carbons (Fsp3) is 0.381. The minimum absolute atomic E-state index is 0.0999. The van der Waals surface area contributed by atoms with E-state index in [1.54, 1.807) is 18.2 Å². The van der Waals surface area contributed by atoms with Gasteiger partial charge in [-0.1, -0.05) is 44.5 Å². The summed E-state index contributed by atoms with van der Waals surface area (Å²) in [6.07, 6.45) is 0. The number of aryl methyl sites for hydroxylation is 1. The second-order valence-corrected chi connectivity index (χ2v) is 9.83. The largest absolute Gasteiger partial charge is 0.495 e. The van der Waals surface area contributed by atoms with Crippen molar-refractivity contribution < 1.29 is 17.9 Å². The predicted molar refractivity (Wildman–Crippen MR) is 111 cm³/mol. The third kappa shape index (κ3) is 5.11. The lowest BCUT2D eigenvalue weighted by Crippen LogP contribution is -2.35.